The molecular weight excluding hydrogens is 500 g/mol. The maximum atomic E-state index is 12.8. The highest BCUT2D eigenvalue weighted by molar-refractivity contribution is 5.71. The Kier molecular flexibility index (Phi) is 9.49. The lowest BCUT2D eigenvalue weighted by Gasteiger charge is -2.33. The van der Waals surface area contributed by atoms with E-state index in [1.807, 2.05) is 55.5 Å². The van der Waals surface area contributed by atoms with Gasteiger partial charge in [0.1, 0.15) is 18.2 Å². The summed E-state index contributed by atoms with van der Waals surface area (Å²) >= 11 is 0. The summed E-state index contributed by atoms with van der Waals surface area (Å²) in [5, 5.41) is 15.2. The number of carbonyl (C=O) groups is 2. The molecule has 2 aromatic heterocycles. The van der Waals surface area contributed by atoms with E-state index in [2.05, 4.69) is 25.5 Å². The van der Waals surface area contributed by atoms with Crippen molar-refractivity contribution in [2.45, 2.75) is 45.4 Å². The molecule has 1 aromatic carbocycles. The highest BCUT2D eigenvalue weighted by Crippen LogP contribution is 2.22. The lowest BCUT2D eigenvalue weighted by atomic mass is 9.96. The molecule has 0 bridgehead atoms. The Labute approximate surface area is 226 Å². The molecule has 39 heavy (non-hydrogen) atoms. The Morgan fingerprint density at radius 3 is 2.56 bits per heavy atom. The molecule has 4 rings (SSSR count). The predicted octanol–water partition coefficient (Wildman–Crippen LogP) is 3.04. The van der Waals surface area contributed by atoms with E-state index in [9.17, 15) is 19.5 Å². The number of nitrogens with one attached hydrogen (secondary N) is 2. The fourth-order valence-corrected chi connectivity index (χ4v) is 4.60. The van der Waals surface area contributed by atoms with Crippen molar-refractivity contribution in [1.29, 1.82) is 0 Å². The number of hydrogen-bond donors (Lipinski definition) is 3. The highest BCUT2D eigenvalue weighted by atomic mass is 16.5. The number of ether oxygens (including phenoxy) is 1. The smallest absolute Gasteiger partial charge is 0.407 e. The fourth-order valence-electron chi connectivity index (χ4n) is 4.60. The van der Waals surface area contributed by atoms with Crippen LogP contribution in [0.4, 0.5) is 16.4 Å². The predicted molar refractivity (Wildman–Crippen MR) is 147 cm³/mol. The van der Waals surface area contributed by atoms with E-state index in [1.165, 1.54) is 4.57 Å². The molecule has 3 heterocycles. The largest absolute Gasteiger partial charge is 0.481 e. The second kappa shape index (κ2) is 13.4. The topological polar surface area (TPSA) is 139 Å². The van der Waals surface area contributed by atoms with E-state index < -0.39 is 23.8 Å². The minimum atomic E-state index is -1.10. The van der Waals surface area contributed by atoms with E-state index >= 15 is 0 Å². The molecule has 1 aliphatic heterocycles. The first-order chi connectivity index (χ1) is 18.9. The minimum Gasteiger partial charge on any atom is -0.481 e. The van der Waals surface area contributed by atoms with E-state index in [-0.39, 0.29) is 19.6 Å². The van der Waals surface area contributed by atoms with Gasteiger partial charge in [-0.15, -0.1) is 0 Å². The van der Waals surface area contributed by atoms with Crippen molar-refractivity contribution in [3.05, 3.63) is 82.5 Å². The van der Waals surface area contributed by atoms with Crippen molar-refractivity contribution >= 4 is 23.7 Å². The maximum absolute atomic E-state index is 12.8. The lowest BCUT2D eigenvalue weighted by Crippen LogP contribution is -2.42. The second-order valence-electron chi connectivity index (χ2n) is 9.71. The number of carbonyl (C=O) groups excluding carboxylic acids is 1. The van der Waals surface area contributed by atoms with E-state index in [4.69, 9.17) is 4.74 Å². The van der Waals surface area contributed by atoms with Gasteiger partial charge in [-0.05, 0) is 43.4 Å². The van der Waals surface area contributed by atoms with Crippen LogP contribution in [-0.4, -0.2) is 57.4 Å². The summed E-state index contributed by atoms with van der Waals surface area (Å²) in [6.07, 6.45) is 4.31. The van der Waals surface area contributed by atoms with Gasteiger partial charge in [0, 0.05) is 44.1 Å². The van der Waals surface area contributed by atoms with Crippen LogP contribution in [0.15, 0.2) is 65.7 Å². The number of carboxylic acids is 1. The number of alkyl carbamates (subject to hydrolysis) is 1. The van der Waals surface area contributed by atoms with Gasteiger partial charge in [0.05, 0.1) is 12.5 Å². The number of amides is 1. The van der Waals surface area contributed by atoms with Crippen molar-refractivity contribution in [2.24, 2.45) is 5.92 Å². The number of pyridine rings is 1. The minimum absolute atomic E-state index is 0.0499. The first kappa shape index (κ1) is 27.6. The van der Waals surface area contributed by atoms with Crippen LogP contribution >= 0.6 is 0 Å². The zero-order valence-electron chi connectivity index (χ0n) is 22.0. The Bertz CT molecular complexity index is 1290. The summed E-state index contributed by atoms with van der Waals surface area (Å²) in [6, 6.07) is 14.2. The molecule has 11 nitrogen and oxygen atoms in total. The Balaban J connectivity index is 1.30. The van der Waals surface area contributed by atoms with Gasteiger partial charge in [-0.2, -0.15) is 4.98 Å². The van der Waals surface area contributed by atoms with Gasteiger partial charge >= 0.3 is 17.8 Å². The number of carboxylic acid groups (broad SMARTS) is 1. The fraction of sp³-hybridized carbons (Fsp3) is 0.393. The summed E-state index contributed by atoms with van der Waals surface area (Å²) in [7, 11) is 0. The zero-order valence-corrected chi connectivity index (χ0v) is 22.0. The van der Waals surface area contributed by atoms with Crippen molar-refractivity contribution < 1.29 is 19.4 Å². The number of aliphatic carboxylic acids is 1. The van der Waals surface area contributed by atoms with Crippen molar-refractivity contribution in [1.82, 2.24) is 19.9 Å². The maximum Gasteiger partial charge on any atom is 0.407 e. The molecule has 0 spiro atoms. The normalized spacial score (nSPS) is 14.4. The Morgan fingerprint density at radius 1 is 1.13 bits per heavy atom. The number of nitrogens with zero attached hydrogens (tertiary/aromatic N) is 4. The van der Waals surface area contributed by atoms with Crippen LogP contribution in [-0.2, 0) is 22.7 Å². The van der Waals surface area contributed by atoms with Crippen LogP contribution in [0, 0.1) is 12.8 Å². The molecule has 1 fully saturated rings. The van der Waals surface area contributed by atoms with Crippen molar-refractivity contribution in [2.75, 3.05) is 29.9 Å². The third kappa shape index (κ3) is 8.29. The number of piperidine rings is 1. The lowest BCUT2D eigenvalue weighted by molar-refractivity contribution is -0.137. The van der Waals surface area contributed by atoms with Gasteiger partial charge in [0.15, 0.2) is 0 Å². The van der Waals surface area contributed by atoms with E-state index in [0.29, 0.717) is 18.3 Å². The summed E-state index contributed by atoms with van der Waals surface area (Å²) < 4.78 is 6.53. The number of benzene rings is 1. The van der Waals surface area contributed by atoms with Crippen molar-refractivity contribution in [3.63, 3.8) is 0 Å². The number of hydrogen-bond acceptors (Lipinski definition) is 8. The molecule has 3 aromatic rings. The van der Waals surface area contributed by atoms with Crippen LogP contribution in [0.25, 0.3) is 0 Å². The third-order valence-corrected chi connectivity index (χ3v) is 6.69. The van der Waals surface area contributed by atoms with Crippen LogP contribution in [0.3, 0.4) is 0 Å². The molecular formula is C28H34N6O5. The Morgan fingerprint density at radius 2 is 1.87 bits per heavy atom. The second-order valence-corrected chi connectivity index (χ2v) is 9.71. The quantitative estimate of drug-likeness (QED) is 0.339. The van der Waals surface area contributed by atoms with Crippen molar-refractivity contribution in [3.8, 4) is 0 Å². The first-order valence-electron chi connectivity index (χ1n) is 13.0. The van der Waals surface area contributed by atoms with Gasteiger partial charge in [-0.3, -0.25) is 9.36 Å². The highest BCUT2D eigenvalue weighted by Gasteiger charge is 2.21. The summed E-state index contributed by atoms with van der Waals surface area (Å²) in [5.41, 5.74) is 1.03. The van der Waals surface area contributed by atoms with Gasteiger partial charge < -0.3 is 25.4 Å². The van der Waals surface area contributed by atoms with Gasteiger partial charge in [-0.25, -0.2) is 14.6 Å². The average molecular weight is 535 g/mol. The molecule has 3 N–H and O–H groups in total. The molecule has 1 saturated heterocycles. The summed E-state index contributed by atoms with van der Waals surface area (Å²) in [4.78, 5) is 47.3. The molecule has 0 radical (unpaired) electrons. The van der Waals surface area contributed by atoms with E-state index in [0.717, 1.165) is 42.9 Å². The van der Waals surface area contributed by atoms with Gasteiger partial charge in [0.25, 0.3) is 0 Å². The number of aryl methyl sites for hydroxylation is 1. The van der Waals surface area contributed by atoms with Gasteiger partial charge in [-0.1, -0.05) is 36.4 Å². The standard InChI is InChI=1S/C28H34N6O5/c1-20-17-34(18-23(15-25(35)36)31-28(38)39-19-22-7-3-2-4-8-22)27(37)32-26(20)30-16-21-10-13-33(14-11-21)24-9-5-6-12-29-24/h2-9,12,17,21,23H,10-11,13-16,18-19H2,1H3,(H,31,38)(H,35,36)(H,30,32,37). The molecule has 1 amide bonds. The molecule has 0 saturated carbocycles. The molecule has 206 valence electrons. The van der Waals surface area contributed by atoms with Gasteiger partial charge in [0.2, 0.25) is 0 Å². The van der Waals surface area contributed by atoms with E-state index in [1.54, 1.807) is 12.4 Å². The average Bonchev–Trinajstić information content (AvgIpc) is 2.94. The summed E-state index contributed by atoms with van der Waals surface area (Å²) in [6.45, 7) is 4.38. The monoisotopic (exact) mass is 534 g/mol. The molecule has 11 heteroatoms. The molecule has 1 unspecified atom stereocenters. The summed E-state index contributed by atoms with van der Waals surface area (Å²) in [5.74, 6) is 0.840. The SMILES string of the molecule is Cc1cn(CC(CC(=O)O)NC(=O)OCc2ccccc2)c(=O)nc1NCC1CCN(c2ccccn2)CC1. The number of rotatable bonds is 11. The molecule has 1 atom stereocenters. The Hall–Kier alpha value is -4.41. The van der Waals surface area contributed by atoms with Crippen LogP contribution in [0.1, 0.15) is 30.4 Å². The van der Waals surface area contributed by atoms with Crippen LogP contribution < -0.4 is 21.2 Å². The third-order valence-electron chi connectivity index (χ3n) is 6.69. The van der Waals surface area contributed by atoms with Crippen LogP contribution in [0.5, 0.6) is 0 Å². The number of anilines is 2. The molecule has 0 aliphatic carbocycles. The zero-order chi connectivity index (χ0) is 27.6. The first-order valence-corrected chi connectivity index (χ1v) is 13.0. The van der Waals surface area contributed by atoms with Crippen LogP contribution in [0.2, 0.25) is 0 Å². The number of aromatic nitrogens is 3. The molecule has 1 aliphatic rings.